The van der Waals surface area contributed by atoms with E-state index in [1.54, 1.807) is 0 Å². The molecule has 0 aliphatic rings. The number of carbonyl (C=O) groups is 1. The summed E-state index contributed by atoms with van der Waals surface area (Å²) in [6.07, 6.45) is 1.90. The first kappa shape index (κ1) is 16.3. The molecule has 17 heavy (non-hydrogen) atoms. The van der Waals surface area contributed by atoms with Gasteiger partial charge in [0.1, 0.15) is 9.84 Å². The fourth-order valence-electron chi connectivity index (χ4n) is 1.17. The molecular formula is C10H22N2O4S. The smallest absolute Gasteiger partial charge is 0.236 e. The monoisotopic (exact) mass is 266 g/mol. The largest absolute Gasteiger partial charge is 0.393 e. The predicted octanol–water partition coefficient (Wildman–Crippen LogP) is -0.974. The Morgan fingerprint density at radius 2 is 2.00 bits per heavy atom. The summed E-state index contributed by atoms with van der Waals surface area (Å²) in [7, 11) is -3.09. The lowest BCUT2D eigenvalue weighted by molar-refractivity contribution is -0.122. The van der Waals surface area contributed by atoms with Crippen LogP contribution in [0.1, 0.15) is 26.2 Å². The highest BCUT2D eigenvalue weighted by Crippen LogP contribution is 1.96. The van der Waals surface area contributed by atoms with Crippen LogP contribution in [0.25, 0.3) is 0 Å². The van der Waals surface area contributed by atoms with E-state index >= 15 is 0 Å². The van der Waals surface area contributed by atoms with Gasteiger partial charge in [-0.15, -0.1) is 0 Å². The molecule has 0 saturated carbocycles. The summed E-state index contributed by atoms with van der Waals surface area (Å²) in [6, 6.07) is -0.816. The first-order valence-corrected chi connectivity index (χ1v) is 7.71. The number of aliphatic hydroxyl groups is 1. The molecule has 0 heterocycles. The molecule has 0 saturated heterocycles. The Hall–Kier alpha value is -0.660. The number of sulfone groups is 1. The van der Waals surface area contributed by atoms with Crippen molar-refractivity contribution in [2.45, 2.75) is 38.3 Å². The Morgan fingerprint density at radius 3 is 2.47 bits per heavy atom. The molecule has 102 valence electrons. The number of rotatable bonds is 8. The molecule has 0 aromatic heterocycles. The normalized spacial score (nSPS) is 15.3. The van der Waals surface area contributed by atoms with Crippen molar-refractivity contribution in [3.05, 3.63) is 0 Å². The van der Waals surface area contributed by atoms with Gasteiger partial charge in [-0.2, -0.15) is 0 Å². The molecule has 2 atom stereocenters. The van der Waals surface area contributed by atoms with Crippen LogP contribution in [0, 0.1) is 0 Å². The van der Waals surface area contributed by atoms with Crippen LogP contribution < -0.4 is 11.1 Å². The zero-order chi connectivity index (χ0) is 13.5. The molecule has 0 radical (unpaired) electrons. The summed E-state index contributed by atoms with van der Waals surface area (Å²) >= 11 is 0. The first-order chi connectivity index (χ1) is 7.76. The van der Waals surface area contributed by atoms with Gasteiger partial charge >= 0.3 is 0 Å². The number of amides is 1. The number of nitrogens with one attached hydrogen (secondary N) is 1. The molecule has 7 heteroatoms. The van der Waals surface area contributed by atoms with E-state index < -0.39 is 22.0 Å². The third kappa shape index (κ3) is 9.08. The molecule has 0 rings (SSSR count). The van der Waals surface area contributed by atoms with Crippen molar-refractivity contribution < 1.29 is 18.3 Å². The summed E-state index contributed by atoms with van der Waals surface area (Å²) in [5.41, 5.74) is 5.53. The van der Waals surface area contributed by atoms with Crippen LogP contribution in [0.15, 0.2) is 0 Å². The molecule has 2 unspecified atom stereocenters. The maximum Gasteiger partial charge on any atom is 0.236 e. The van der Waals surface area contributed by atoms with Crippen molar-refractivity contribution in [3.63, 3.8) is 0 Å². The van der Waals surface area contributed by atoms with Crippen LogP contribution in [0.5, 0.6) is 0 Å². The molecule has 1 amide bonds. The van der Waals surface area contributed by atoms with Crippen LogP contribution in [-0.2, 0) is 14.6 Å². The molecule has 0 aromatic carbocycles. The van der Waals surface area contributed by atoms with Gasteiger partial charge in [-0.3, -0.25) is 4.79 Å². The van der Waals surface area contributed by atoms with Crippen molar-refractivity contribution in [1.82, 2.24) is 5.32 Å². The first-order valence-electron chi connectivity index (χ1n) is 5.65. The Morgan fingerprint density at radius 1 is 1.41 bits per heavy atom. The van der Waals surface area contributed by atoms with Crippen LogP contribution >= 0.6 is 0 Å². The average Bonchev–Trinajstić information content (AvgIpc) is 2.24. The fourth-order valence-corrected chi connectivity index (χ4v) is 1.85. The summed E-state index contributed by atoms with van der Waals surface area (Å²) in [5.74, 6) is -0.476. The standard InChI is InChI=1S/C10H22N2O4S/c1-3-8(13)4-6-12-10(14)9(11)5-7-17(2,15)16/h8-9,13H,3-7,11H2,1-2H3,(H,12,14). The second kappa shape index (κ2) is 7.62. The van der Waals surface area contributed by atoms with Gasteiger partial charge in [0, 0.05) is 12.8 Å². The topological polar surface area (TPSA) is 109 Å². The van der Waals surface area contributed by atoms with Gasteiger partial charge in [-0.1, -0.05) is 6.92 Å². The lowest BCUT2D eigenvalue weighted by Crippen LogP contribution is -2.42. The molecule has 0 spiro atoms. The minimum Gasteiger partial charge on any atom is -0.393 e. The Balaban J connectivity index is 3.83. The predicted molar refractivity (Wildman–Crippen MR) is 66.2 cm³/mol. The van der Waals surface area contributed by atoms with Gasteiger partial charge in [0.05, 0.1) is 17.9 Å². The highest BCUT2D eigenvalue weighted by molar-refractivity contribution is 7.90. The van der Waals surface area contributed by atoms with E-state index in [-0.39, 0.29) is 18.1 Å². The second-order valence-electron chi connectivity index (χ2n) is 4.17. The van der Waals surface area contributed by atoms with Crippen molar-refractivity contribution in [1.29, 1.82) is 0 Å². The third-order valence-corrected chi connectivity index (χ3v) is 3.36. The lowest BCUT2D eigenvalue weighted by atomic mass is 10.2. The molecule has 6 nitrogen and oxygen atoms in total. The molecule has 4 N–H and O–H groups in total. The lowest BCUT2D eigenvalue weighted by Gasteiger charge is -2.13. The molecule has 0 aliphatic heterocycles. The highest BCUT2D eigenvalue weighted by Gasteiger charge is 2.15. The maximum absolute atomic E-state index is 11.4. The van der Waals surface area contributed by atoms with Crippen LogP contribution in [0.3, 0.4) is 0 Å². The van der Waals surface area contributed by atoms with Gasteiger partial charge in [-0.25, -0.2) is 8.42 Å². The summed E-state index contributed by atoms with van der Waals surface area (Å²) in [5, 5.41) is 11.8. The van der Waals surface area contributed by atoms with E-state index in [1.165, 1.54) is 0 Å². The van der Waals surface area contributed by atoms with E-state index in [2.05, 4.69) is 5.32 Å². The summed E-state index contributed by atoms with van der Waals surface area (Å²) < 4.78 is 21.8. The SMILES string of the molecule is CCC(O)CCNC(=O)C(N)CCS(C)(=O)=O. The number of carbonyl (C=O) groups excluding carboxylic acids is 1. The number of hydrogen-bond acceptors (Lipinski definition) is 5. The molecule has 0 fully saturated rings. The van der Waals surface area contributed by atoms with Crippen molar-refractivity contribution in [2.75, 3.05) is 18.6 Å². The minimum atomic E-state index is -3.09. The zero-order valence-corrected chi connectivity index (χ0v) is 11.2. The van der Waals surface area contributed by atoms with Gasteiger partial charge < -0.3 is 16.2 Å². The summed E-state index contributed by atoms with van der Waals surface area (Å²) in [6.45, 7) is 2.20. The Labute approximate surface area is 102 Å². The molecule has 0 bridgehead atoms. The second-order valence-corrected chi connectivity index (χ2v) is 6.43. The Bertz CT molecular complexity index is 329. The van der Waals surface area contributed by atoms with E-state index in [1.807, 2.05) is 6.92 Å². The quantitative estimate of drug-likeness (QED) is 0.523. The van der Waals surface area contributed by atoms with Gasteiger partial charge in [0.25, 0.3) is 0 Å². The Kier molecular flexibility index (Phi) is 7.33. The van der Waals surface area contributed by atoms with Crippen molar-refractivity contribution >= 4 is 15.7 Å². The van der Waals surface area contributed by atoms with Crippen LogP contribution in [-0.4, -0.2) is 50.1 Å². The van der Waals surface area contributed by atoms with Gasteiger partial charge in [0.15, 0.2) is 0 Å². The molecule has 0 aliphatic carbocycles. The van der Waals surface area contributed by atoms with Crippen LogP contribution in [0.4, 0.5) is 0 Å². The van der Waals surface area contributed by atoms with Gasteiger partial charge in [-0.05, 0) is 19.3 Å². The van der Waals surface area contributed by atoms with E-state index in [0.29, 0.717) is 19.4 Å². The number of hydrogen-bond donors (Lipinski definition) is 3. The van der Waals surface area contributed by atoms with Crippen molar-refractivity contribution in [3.8, 4) is 0 Å². The van der Waals surface area contributed by atoms with Gasteiger partial charge in [0.2, 0.25) is 5.91 Å². The van der Waals surface area contributed by atoms with E-state index in [4.69, 9.17) is 5.73 Å². The van der Waals surface area contributed by atoms with E-state index in [9.17, 15) is 18.3 Å². The van der Waals surface area contributed by atoms with Crippen LogP contribution in [0.2, 0.25) is 0 Å². The third-order valence-electron chi connectivity index (χ3n) is 2.38. The highest BCUT2D eigenvalue weighted by atomic mass is 32.2. The molecule has 0 aromatic rings. The van der Waals surface area contributed by atoms with Crippen molar-refractivity contribution in [2.24, 2.45) is 5.73 Å². The summed E-state index contributed by atoms with van der Waals surface area (Å²) in [4.78, 5) is 11.4. The molecular weight excluding hydrogens is 244 g/mol. The number of nitrogens with two attached hydrogens (primary N) is 1. The zero-order valence-electron chi connectivity index (χ0n) is 10.3. The minimum absolute atomic E-state index is 0.0980. The average molecular weight is 266 g/mol. The number of aliphatic hydroxyl groups excluding tert-OH is 1. The maximum atomic E-state index is 11.4. The fraction of sp³-hybridized carbons (Fsp3) is 0.900. The van der Waals surface area contributed by atoms with E-state index in [0.717, 1.165) is 6.26 Å².